The van der Waals surface area contributed by atoms with Gasteiger partial charge in [-0.1, -0.05) is 194 Å². The maximum absolute atomic E-state index is 6.68. The molecule has 0 bridgehead atoms. The minimum absolute atomic E-state index is 0.858. The van der Waals surface area contributed by atoms with Gasteiger partial charge >= 0.3 is 0 Å². The van der Waals surface area contributed by atoms with Crippen molar-refractivity contribution < 1.29 is 4.42 Å². The lowest BCUT2D eigenvalue weighted by molar-refractivity contribution is 0.632. The van der Waals surface area contributed by atoms with Crippen molar-refractivity contribution in [2.45, 2.75) is 0 Å². The van der Waals surface area contributed by atoms with Gasteiger partial charge in [-0.3, -0.25) is 0 Å². The maximum atomic E-state index is 6.68. The SMILES string of the molecule is c1ccc(-c2ccc(-c3ccc(N(c4ccc(-c5ccccc5-c5ccccc5)cc4)c4cccc(-c5oc6ccccc6c5-c5ccccc5)c4)cc3)cc2)cc1. The molecule has 1 aromatic heterocycles. The summed E-state index contributed by atoms with van der Waals surface area (Å²) in [6, 6.07) is 84.0. The average molecular weight is 742 g/mol. The molecule has 2 nitrogen and oxygen atoms in total. The molecular weight excluding hydrogens is 703 g/mol. The number of furan rings is 1. The number of nitrogens with zero attached hydrogens (tertiary/aromatic N) is 1. The van der Waals surface area contributed by atoms with Gasteiger partial charge in [0.25, 0.3) is 0 Å². The average Bonchev–Trinajstić information content (AvgIpc) is 3.71. The molecule has 9 aromatic carbocycles. The summed E-state index contributed by atoms with van der Waals surface area (Å²) < 4.78 is 6.68. The topological polar surface area (TPSA) is 16.4 Å². The summed E-state index contributed by atoms with van der Waals surface area (Å²) in [5, 5.41) is 1.10. The van der Waals surface area contributed by atoms with E-state index in [9.17, 15) is 0 Å². The fourth-order valence-corrected chi connectivity index (χ4v) is 8.06. The van der Waals surface area contributed by atoms with E-state index in [0.29, 0.717) is 0 Å². The summed E-state index contributed by atoms with van der Waals surface area (Å²) in [4.78, 5) is 2.34. The molecule has 0 spiro atoms. The number of hydrogen-bond acceptors (Lipinski definition) is 2. The maximum Gasteiger partial charge on any atom is 0.143 e. The van der Waals surface area contributed by atoms with Gasteiger partial charge in [0, 0.05) is 33.6 Å². The van der Waals surface area contributed by atoms with E-state index >= 15 is 0 Å². The molecule has 0 fully saturated rings. The fraction of sp³-hybridized carbons (Fsp3) is 0. The summed E-state index contributed by atoms with van der Waals surface area (Å²) in [5.41, 5.74) is 16.8. The molecule has 0 saturated carbocycles. The Balaban J connectivity index is 1.06. The Morgan fingerprint density at radius 2 is 0.690 bits per heavy atom. The lowest BCUT2D eigenvalue weighted by Gasteiger charge is -2.26. The Labute approximate surface area is 339 Å². The third-order valence-electron chi connectivity index (χ3n) is 10.9. The zero-order chi connectivity index (χ0) is 38.7. The van der Waals surface area contributed by atoms with Gasteiger partial charge in [-0.15, -0.1) is 0 Å². The molecule has 0 amide bonds. The second-order valence-corrected chi connectivity index (χ2v) is 14.5. The zero-order valence-corrected chi connectivity index (χ0v) is 31.9. The predicted octanol–water partition coefficient (Wildman–Crippen LogP) is 15.9. The Bertz CT molecular complexity index is 2950. The van der Waals surface area contributed by atoms with Gasteiger partial charge in [0.05, 0.1) is 0 Å². The lowest BCUT2D eigenvalue weighted by Crippen LogP contribution is -2.10. The van der Waals surface area contributed by atoms with E-state index in [0.717, 1.165) is 50.5 Å². The zero-order valence-electron chi connectivity index (χ0n) is 31.9. The first-order valence-electron chi connectivity index (χ1n) is 19.8. The highest BCUT2D eigenvalue weighted by Crippen LogP contribution is 2.44. The second kappa shape index (κ2) is 15.5. The molecule has 2 heteroatoms. The number of anilines is 3. The molecule has 0 unspecified atom stereocenters. The Hall–Kier alpha value is -7.68. The molecule has 0 saturated heterocycles. The minimum Gasteiger partial charge on any atom is -0.455 e. The molecule has 274 valence electrons. The van der Waals surface area contributed by atoms with E-state index in [1.165, 1.54) is 44.5 Å². The summed E-state index contributed by atoms with van der Waals surface area (Å²) in [7, 11) is 0. The number of benzene rings is 9. The first-order valence-corrected chi connectivity index (χ1v) is 19.8. The number of hydrogen-bond donors (Lipinski definition) is 0. The van der Waals surface area contributed by atoms with Crippen molar-refractivity contribution in [2.24, 2.45) is 0 Å². The van der Waals surface area contributed by atoms with Gasteiger partial charge in [0.2, 0.25) is 0 Å². The van der Waals surface area contributed by atoms with E-state index < -0.39 is 0 Å². The summed E-state index contributed by atoms with van der Waals surface area (Å²) in [6.45, 7) is 0. The van der Waals surface area contributed by atoms with Crippen LogP contribution in [0.5, 0.6) is 0 Å². The molecule has 0 atom stereocenters. The van der Waals surface area contributed by atoms with Crippen LogP contribution in [-0.2, 0) is 0 Å². The van der Waals surface area contributed by atoms with Crippen LogP contribution in [0.2, 0.25) is 0 Å². The molecule has 10 aromatic rings. The number of fused-ring (bicyclic) bond motifs is 1. The third kappa shape index (κ3) is 6.78. The van der Waals surface area contributed by atoms with E-state index in [1.54, 1.807) is 0 Å². The van der Waals surface area contributed by atoms with Crippen molar-refractivity contribution in [3.8, 4) is 67.0 Å². The van der Waals surface area contributed by atoms with Crippen LogP contribution in [0, 0.1) is 0 Å². The van der Waals surface area contributed by atoms with Crippen LogP contribution in [0.25, 0.3) is 77.9 Å². The highest BCUT2D eigenvalue weighted by atomic mass is 16.3. The van der Waals surface area contributed by atoms with E-state index in [-0.39, 0.29) is 0 Å². The van der Waals surface area contributed by atoms with Crippen molar-refractivity contribution in [3.05, 3.63) is 237 Å². The molecule has 1 heterocycles. The Morgan fingerprint density at radius 3 is 1.28 bits per heavy atom. The van der Waals surface area contributed by atoms with Gasteiger partial charge < -0.3 is 9.32 Å². The molecule has 0 aliphatic heterocycles. The van der Waals surface area contributed by atoms with Crippen molar-refractivity contribution in [1.29, 1.82) is 0 Å². The second-order valence-electron chi connectivity index (χ2n) is 14.5. The highest BCUT2D eigenvalue weighted by molar-refractivity contribution is 6.02. The first kappa shape index (κ1) is 34.8. The quantitative estimate of drug-likeness (QED) is 0.146. The van der Waals surface area contributed by atoms with Crippen LogP contribution in [0.15, 0.2) is 241 Å². The van der Waals surface area contributed by atoms with Crippen molar-refractivity contribution in [2.75, 3.05) is 4.90 Å². The predicted molar refractivity (Wildman–Crippen MR) is 244 cm³/mol. The summed E-state index contributed by atoms with van der Waals surface area (Å²) in [6.07, 6.45) is 0. The first-order chi connectivity index (χ1) is 28.8. The Kier molecular flexibility index (Phi) is 9.27. The monoisotopic (exact) mass is 741 g/mol. The van der Waals surface area contributed by atoms with Crippen LogP contribution < -0.4 is 4.90 Å². The molecule has 0 radical (unpaired) electrons. The molecule has 10 rings (SSSR count). The van der Waals surface area contributed by atoms with Gasteiger partial charge in [-0.25, -0.2) is 0 Å². The van der Waals surface area contributed by atoms with Crippen LogP contribution in [0.1, 0.15) is 0 Å². The lowest BCUT2D eigenvalue weighted by atomic mass is 9.94. The largest absolute Gasteiger partial charge is 0.455 e. The smallest absolute Gasteiger partial charge is 0.143 e. The molecule has 0 N–H and O–H groups in total. The normalized spacial score (nSPS) is 11.1. The molecule has 58 heavy (non-hydrogen) atoms. The van der Waals surface area contributed by atoms with Gasteiger partial charge in [-0.05, 0) is 92.5 Å². The molecular formula is C56H39NO. The third-order valence-corrected chi connectivity index (χ3v) is 10.9. The molecule has 0 aliphatic carbocycles. The highest BCUT2D eigenvalue weighted by Gasteiger charge is 2.20. The Morgan fingerprint density at radius 1 is 0.276 bits per heavy atom. The standard InChI is InChI=1S/C56H39NO/c1-4-15-40(16-5-1)41-27-29-42(30-28-41)43-31-35-48(36-32-43)57(49-37-33-45(34-38-49)52-24-11-10-23-51(52)44-17-6-2-7-18-44)50-22-14-21-47(39-50)56-55(46-19-8-3-9-20-46)53-25-12-13-26-54(53)58-56/h1-39H. The van der Waals surface area contributed by atoms with E-state index in [2.05, 4.69) is 235 Å². The van der Waals surface area contributed by atoms with Crippen molar-refractivity contribution in [3.63, 3.8) is 0 Å². The van der Waals surface area contributed by atoms with Crippen LogP contribution in [0.3, 0.4) is 0 Å². The van der Waals surface area contributed by atoms with Gasteiger partial charge in [0.1, 0.15) is 11.3 Å². The van der Waals surface area contributed by atoms with Crippen LogP contribution >= 0.6 is 0 Å². The molecule has 0 aliphatic rings. The van der Waals surface area contributed by atoms with Crippen molar-refractivity contribution >= 4 is 28.0 Å². The number of rotatable bonds is 9. The van der Waals surface area contributed by atoms with Crippen molar-refractivity contribution in [1.82, 2.24) is 0 Å². The van der Waals surface area contributed by atoms with Gasteiger partial charge in [0.15, 0.2) is 0 Å². The fourth-order valence-electron chi connectivity index (χ4n) is 8.06. The minimum atomic E-state index is 0.858. The van der Waals surface area contributed by atoms with E-state index in [4.69, 9.17) is 4.42 Å². The summed E-state index contributed by atoms with van der Waals surface area (Å²) >= 11 is 0. The van der Waals surface area contributed by atoms with Gasteiger partial charge in [-0.2, -0.15) is 0 Å². The van der Waals surface area contributed by atoms with Crippen LogP contribution in [-0.4, -0.2) is 0 Å². The summed E-state index contributed by atoms with van der Waals surface area (Å²) in [5.74, 6) is 0.858. The van der Waals surface area contributed by atoms with Crippen LogP contribution in [0.4, 0.5) is 17.1 Å². The van der Waals surface area contributed by atoms with E-state index in [1.807, 2.05) is 6.07 Å². The number of para-hydroxylation sites is 1.